The van der Waals surface area contributed by atoms with Gasteiger partial charge in [0.25, 0.3) is 0 Å². The van der Waals surface area contributed by atoms with Crippen LogP contribution in [0.3, 0.4) is 0 Å². The summed E-state index contributed by atoms with van der Waals surface area (Å²) in [6, 6.07) is 17.3. The summed E-state index contributed by atoms with van der Waals surface area (Å²) in [5.41, 5.74) is 3.28. The molecule has 2 N–H and O–H groups in total. The van der Waals surface area contributed by atoms with Crippen molar-refractivity contribution in [3.05, 3.63) is 83.1 Å². The highest BCUT2D eigenvalue weighted by atomic mass is 127. The van der Waals surface area contributed by atoms with E-state index in [0.717, 1.165) is 46.8 Å². The van der Waals surface area contributed by atoms with E-state index in [4.69, 9.17) is 12.8 Å². The molecule has 2 aromatic rings. The van der Waals surface area contributed by atoms with Crippen LogP contribution in [-0.4, -0.2) is 55.9 Å². The molecular formula is C25H24BIN4O2. The van der Waals surface area contributed by atoms with Crippen LogP contribution in [0.25, 0.3) is 5.70 Å². The number of benzene rings is 2. The van der Waals surface area contributed by atoms with Crippen molar-refractivity contribution in [2.75, 3.05) is 13.1 Å². The highest BCUT2D eigenvalue weighted by molar-refractivity contribution is 14.2. The third-order valence-electron chi connectivity index (χ3n) is 5.99. The van der Waals surface area contributed by atoms with Gasteiger partial charge in [0.05, 0.1) is 18.2 Å². The number of hydrogen-bond donors (Lipinski definition) is 2. The molecule has 0 aromatic heterocycles. The standard InChI is InChI=1S/C25H24BIN4O2/c26-20-16-27-31-23(15-21(29-25(20)31)19-8-4-5-9-22(19)32)28-18-10-12-30(13-11-18)24(33)14-17-6-2-1-3-7-17/h1-9,15-16,18,29,32H,10-14H2. The molecule has 0 bridgehead atoms. The minimum atomic E-state index is -0.430. The summed E-state index contributed by atoms with van der Waals surface area (Å²) in [6.07, 6.45) is 4.11. The zero-order valence-corrected chi connectivity index (χ0v) is 20.3. The first kappa shape index (κ1) is 21.9. The van der Waals surface area contributed by atoms with Gasteiger partial charge in [0.15, 0.2) is 0 Å². The third-order valence-corrected chi connectivity index (χ3v) is 8.47. The number of aromatic hydroxyl groups is 1. The Morgan fingerprint density at radius 2 is 1.85 bits per heavy atom. The molecule has 0 spiro atoms. The Labute approximate surface area is 205 Å². The number of phenolic OH excluding ortho intramolecular Hbond substituents is 1. The fourth-order valence-electron chi connectivity index (χ4n) is 4.20. The number of phenols is 1. The van der Waals surface area contributed by atoms with Crippen LogP contribution in [0, 0.1) is 0 Å². The molecule has 0 saturated carbocycles. The molecule has 0 atom stereocenters. The fraction of sp³-hybridized carbons (Fsp3) is 0.240. The zero-order valence-electron chi connectivity index (χ0n) is 18.1. The van der Waals surface area contributed by atoms with E-state index in [1.807, 2.05) is 53.4 Å². The molecule has 0 unspecified atom stereocenters. The van der Waals surface area contributed by atoms with Crippen LogP contribution in [0.1, 0.15) is 24.0 Å². The van der Waals surface area contributed by atoms with Crippen LogP contribution >= 0.6 is 21.0 Å². The Bertz CT molecular complexity index is 1180. The molecule has 166 valence electrons. The molecule has 3 aliphatic heterocycles. The van der Waals surface area contributed by atoms with Crippen molar-refractivity contribution in [1.82, 2.24) is 13.3 Å². The largest absolute Gasteiger partial charge is 0.507 e. The Balaban J connectivity index is 1.32. The number of carbonyl (C=O) groups is 1. The van der Waals surface area contributed by atoms with Crippen molar-refractivity contribution in [2.24, 2.45) is 4.99 Å². The highest BCUT2D eigenvalue weighted by Crippen LogP contribution is 2.34. The lowest BCUT2D eigenvalue weighted by Crippen LogP contribution is -2.41. The molecule has 2 aromatic carbocycles. The van der Waals surface area contributed by atoms with Gasteiger partial charge in [-0.3, -0.25) is 12.9 Å². The lowest BCUT2D eigenvalue weighted by atomic mass is 9.96. The van der Waals surface area contributed by atoms with E-state index in [2.05, 4.69) is 12.4 Å². The summed E-state index contributed by atoms with van der Waals surface area (Å²) in [6.45, 7) is 1.43. The Hall–Kier alpha value is -2.88. The first-order chi connectivity index (χ1) is 16.1. The van der Waals surface area contributed by atoms with E-state index in [0.29, 0.717) is 19.5 Å². The van der Waals surface area contributed by atoms with E-state index in [9.17, 15) is 9.90 Å². The number of aliphatic imine (C=N–C) groups is 1. The van der Waals surface area contributed by atoms with Gasteiger partial charge in [-0.25, -0.2) is 0 Å². The van der Waals surface area contributed by atoms with E-state index >= 15 is 0 Å². The predicted octanol–water partition coefficient (Wildman–Crippen LogP) is 3.31. The molecule has 33 heavy (non-hydrogen) atoms. The molecule has 1 saturated heterocycles. The number of para-hydroxylation sites is 1. The highest BCUT2D eigenvalue weighted by Gasteiger charge is 2.29. The van der Waals surface area contributed by atoms with Crippen LogP contribution < -0.4 is 5.32 Å². The van der Waals surface area contributed by atoms with E-state index < -0.39 is 21.0 Å². The molecule has 3 heterocycles. The second-order valence-electron chi connectivity index (χ2n) is 8.25. The van der Waals surface area contributed by atoms with Crippen molar-refractivity contribution < 1.29 is 9.90 Å². The van der Waals surface area contributed by atoms with Gasteiger partial charge in [0.2, 0.25) is 5.91 Å². The van der Waals surface area contributed by atoms with E-state index in [1.54, 1.807) is 12.1 Å². The van der Waals surface area contributed by atoms with Crippen LogP contribution in [-0.2, 0) is 11.2 Å². The predicted molar refractivity (Wildman–Crippen MR) is 141 cm³/mol. The van der Waals surface area contributed by atoms with Crippen LogP contribution in [0.5, 0.6) is 5.75 Å². The molecule has 0 aliphatic carbocycles. The summed E-state index contributed by atoms with van der Waals surface area (Å²) in [7, 11) is 6.24. The SMILES string of the molecule is [B]C1=C2NC(c3ccccc3O)=CC(=NC3CCN(C(=O)Cc4ccccc4)CC3)N2I=C1. The number of hydrogen-bond acceptors (Lipinski definition) is 4. The topological polar surface area (TPSA) is 68.2 Å². The Morgan fingerprint density at radius 1 is 1.12 bits per heavy atom. The van der Waals surface area contributed by atoms with Gasteiger partial charge in [-0.15, -0.1) is 0 Å². The number of piperidine rings is 1. The molecule has 8 heteroatoms. The third kappa shape index (κ3) is 4.76. The number of rotatable bonds is 4. The molecule has 2 radical (unpaired) electrons. The fourth-order valence-corrected chi connectivity index (χ4v) is 6.30. The maximum absolute atomic E-state index is 12.7. The molecule has 6 nitrogen and oxygen atoms in total. The van der Waals surface area contributed by atoms with Crippen molar-refractivity contribution in [3.63, 3.8) is 0 Å². The summed E-state index contributed by atoms with van der Waals surface area (Å²) in [5, 5.41) is 13.7. The number of allylic oxidation sites excluding steroid dienone is 1. The lowest BCUT2D eigenvalue weighted by Gasteiger charge is -2.33. The van der Waals surface area contributed by atoms with E-state index in [-0.39, 0.29) is 17.7 Å². The average molecular weight is 550 g/mol. The number of amides is 1. The van der Waals surface area contributed by atoms with Crippen molar-refractivity contribution in [3.8, 4) is 5.75 Å². The molecule has 3 aliphatic rings. The van der Waals surface area contributed by atoms with Gasteiger partial charge in [-0.2, -0.15) is 0 Å². The van der Waals surface area contributed by atoms with Gasteiger partial charge < -0.3 is 15.3 Å². The van der Waals surface area contributed by atoms with Crippen LogP contribution in [0.4, 0.5) is 0 Å². The second-order valence-corrected chi connectivity index (χ2v) is 10.4. The summed E-state index contributed by atoms with van der Waals surface area (Å²) >= 11 is -0.430. The number of fused-ring (bicyclic) bond motifs is 1. The van der Waals surface area contributed by atoms with Gasteiger partial charge in [-0.05, 0) is 40.0 Å². The van der Waals surface area contributed by atoms with Crippen molar-refractivity contribution >= 4 is 50.3 Å². The summed E-state index contributed by atoms with van der Waals surface area (Å²) < 4.78 is 4.24. The van der Waals surface area contributed by atoms with E-state index in [1.165, 1.54) is 0 Å². The molecule has 5 rings (SSSR count). The van der Waals surface area contributed by atoms with Gasteiger partial charge >= 0.3 is 0 Å². The minimum absolute atomic E-state index is 0.146. The number of halogens is 1. The first-order valence-electron chi connectivity index (χ1n) is 11.0. The number of nitrogens with zero attached hydrogens (tertiary/aromatic N) is 3. The van der Waals surface area contributed by atoms with Crippen LogP contribution in [0.15, 0.2) is 77.0 Å². The number of amidine groups is 1. The maximum Gasteiger partial charge on any atom is 0.226 e. The Morgan fingerprint density at radius 3 is 2.61 bits per heavy atom. The van der Waals surface area contributed by atoms with Crippen LogP contribution in [0.2, 0.25) is 0 Å². The molecule has 1 amide bonds. The number of nitrogens with one attached hydrogen (secondary N) is 1. The van der Waals surface area contributed by atoms with Gasteiger partial charge in [-0.1, -0.05) is 42.5 Å². The summed E-state index contributed by atoms with van der Waals surface area (Å²) in [5.74, 6) is 2.11. The van der Waals surface area contributed by atoms with Crippen molar-refractivity contribution in [2.45, 2.75) is 25.3 Å². The lowest BCUT2D eigenvalue weighted by molar-refractivity contribution is -0.131. The molecular weight excluding hydrogens is 526 g/mol. The second kappa shape index (κ2) is 9.55. The summed E-state index contributed by atoms with van der Waals surface area (Å²) in [4.78, 5) is 19.7. The zero-order chi connectivity index (χ0) is 22.8. The monoisotopic (exact) mass is 550 g/mol. The van der Waals surface area contributed by atoms with Gasteiger partial charge in [0.1, 0.15) is 25.3 Å². The average Bonchev–Trinajstić information content (AvgIpc) is 3.21. The minimum Gasteiger partial charge on any atom is -0.507 e. The smallest absolute Gasteiger partial charge is 0.226 e. The quantitative estimate of drug-likeness (QED) is 0.349. The first-order valence-corrected chi connectivity index (χ1v) is 13.2. The van der Waals surface area contributed by atoms with Crippen molar-refractivity contribution in [1.29, 1.82) is 0 Å². The normalized spacial score (nSPS) is 19.8. The number of carbonyl (C=O) groups excluding carboxylic acids is 1. The maximum atomic E-state index is 12.7. The van der Waals surface area contributed by atoms with Gasteiger partial charge in [0, 0.05) is 45.7 Å². The Kier molecular flexibility index (Phi) is 6.35. The molecule has 1 fully saturated rings. The number of likely N-dealkylation sites (tertiary alicyclic amines) is 1.